The molecule has 1 atom stereocenters. The molecule has 0 aromatic heterocycles. The van der Waals surface area contributed by atoms with E-state index in [1.807, 2.05) is 12.1 Å². The second-order valence-electron chi connectivity index (χ2n) is 7.73. The summed E-state index contributed by atoms with van der Waals surface area (Å²) in [6.07, 6.45) is 1.04. The fourth-order valence-electron chi connectivity index (χ4n) is 3.35. The van der Waals surface area contributed by atoms with Gasteiger partial charge in [-0.3, -0.25) is 9.59 Å². The van der Waals surface area contributed by atoms with E-state index in [0.29, 0.717) is 24.6 Å². The predicted molar refractivity (Wildman–Crippen MR) is 114 cm³/mol. The summed E-state index contributed by atoms with van der Waals surface area (Å²) in [4.78, 5) is 38.2. The average Bonchev–Trinajstić information content (AvgIpc) is 3.01. The van der Waals surface area contributed by atoms with Crippen LogP contribution in [0.2, 0.25) is 0 Å². The molecular weight excluding hydrogens is 382 g/mol. The molecule has 1 fully saturated rings. The molecule has 30 heavy (non-hydrogen) atoms. The number of amides is 4. The Kier molecular flexibility index (Phi) is 6.72. The van der Waals surface area contributed by atoms with Crippen molar-refractivity contribution in [1.29, 1.82) is 0 Å². The molecule has 1 aliphatic heterocycles. The fraction of sp³-hybridized carbons (Fsp3) is 0.348. The van der Waals surface area contributed by atoms with Crippen LogP contribution in [0.1, 0.15) is 43.7 Å². The second-order valence-corrected chi connectivity index (χ2v) is 7.73. The van der Waals surface area contributed by atoms with Crippen molar-refractivity contribution in [2.75, 3.05) is 11.4 Å². The molecule has 2 aromatic rings. The van der Waals surface area contributed by atoms with Crippen LogP contribution in [0.25, 0.3) is 0 Å². The van der Waals surface area contributed by atoms with Gasteiger partial charge in [0.2, 0.25) is 5.91 Å². The zero-order valence-corrected chi connectivity index (χ0v) is 17.2. The van der Waals surface area contributed by atoms with Gasteiger partial charge in [0.15, 0.2) is 0 Å². The van der Waals surface area contributed by atoms with Crippen LogP contribution in [0.3, 0.4) is 0 Å². The van der Waals surface area contributed by atoms with Gasteiger partial charge in [-0.05, 0) is 54.2 Å². The molecule has 2 aromatic carbocycles. The predicted octanol–water partition coefficient (Wildman–Crippen LogP) is 3.08. The van der Waals surface area contributed by atoms with Crippen LogP contribution >= 0.6 is 0 Å². The number of benzene rings is 2. The summed E-state index contributed by atoms with van der Waals surface area (Å²) in [6.45, 7) is 4.62. The summed E-state index contributed by atoms with van der Waals surface area (Å²) in [5.41, 5.74) is 2.67. The number of nitrogens with zero attached hydrogens (tertiary/aromatic N) is 1. The third-order valence-corrected chi connectivity index (χ3v) is 5.17. The molecular formula is C23H27N3O4. The molecule has 7 heteroatoms. The van der Waals surface area contributed by atoms with Crippen molar-refractivity contribution in [2.45, 2.75) is 45.1 Å². The third-order valence-electron chi connectivity index (χ3n) is 5.17. The first-order valence-electron chi connectivity index (χ1n) is 10.1. The lowest BCUT2D eigenvalue weighted by Crippen LogP contribution is -2.33. The lowest BCUT2D eigenvalue weighted by Gasteiger charge is -2.14. The lowest BCUT2D eigenvalue weighted by molar-refractivity contribution is -0.121. The molecule has 4 amide bonds. The van der Waals surface area contributed by atoms with Gasteiger partial charge in [0, 0.05) is 13.0 Å². The maximum atomic E-state index is 12.7. The molecule has 158 valence electrons. The third kappa shape index (κ3) is 5.17. The molecule has 1 aliphatic rings. The zero-order chi connectivity index (χ0) is 21.7. The van der Waals surface area contributed by atoms with Gasteiger partial charge in [0.25, 0.3) is 5.91 Å². The Morgan fingerprint density at radius 1 is 1.10 bits per heavy atom. The highest BCUT2D eigenvalue weighted by molar-refractivity contribution is 6.21. The van der Waals surface area contributed by atoms with E-state index in [0.717, 1.165) is 16.0 Å². The van der Waals surface area contributed by atoms with E-state index < -0.39 is 12.1 Å². The number of carbonyl (C=O) groups is 3. The average molecular weight is 409 g/mol. The summed E-state index contributed by atoms with van der Waals surface area (Å²) in [5, 5.41) is 14.8. The van der Waals surface area contributed by atoms with E-state index in [9.17, 15) is 19.5 Å². The molecule has 7 nitrogen and oxygen atoms in total. The number of imide groups is 1. The monoisotopic (exact) mass is 409 g/mol. The molecule has 0 aliphatic carbocycles. The van der Waals surface area contributed by atoms with Crippen molar-refractivity contribution in [3.05, 3.63) is 59.7 Å². The second kappa shape index (κ2) is 9.43. The van der Waals surface area contributed by atoms with Crippen LogP contribution in [-0.2, 0) is 16.0 Å². The van der Waals surface area contributed by atoms with E-state index >= 15 is 0 Å². The Morgan fingerprint density at radius 3 is 2.40 bits per heavy atom. The van der Waals surface area contributed by atoms with E-state index in [4.69, 9.17) is 0 Å². The van der Waals surface area contributed by atoms with Gasteiger partial charge < -0.3 is 15.7 Å². The molecule has 3 rings (SSSR count). The quantitative estimate of drug-likeness (QED) is 0.584. The minimum atomic E-state index is -0.704. The number of aromatic hydroxyl groups is 1. The number of rotatable bonds is 8. The zero-order valence-electron chi connectivity index (χ0n) is 17.2. The Balaban J connectivity index is 1.47. The number of carbonyl (C=O) groups excluding carboxylic acids is 3. The first-order chi connectivity index (χ1) is 14.3. The number of hydrogen-bond acceptors (Lipinski definition) is 4. The Morgan fingerprint density at radius 2 is 1.77 bits per heavy atom. The Hall–Kier alpha value is -3.35. The van der Waals surface area contributed by atoms with Gasteiger partial charge in [0.05, 0.1) is 5.69 Å². The van der Waals surface area contributed by atoms with Gasteiger partial charge in [-0.2, -0.15) is 0 Å². The number of phenolic OH excluding ortho intramolecular Hbond substituents is 1. The Labute approximate surface area is 176 Å². The number of hydrogen-bond donors (Lipinski definition) is 3. The summed E-state index contributed by atoms with van der Waals surface area (Å²) >= 11 is 0. The van der Waals surface area contributed by atoms with Crippen LogP contribution in [0.4, 0.5) is 10.5 Å². The SMILES string of the molecule is CC(C)c1ccc(N2C(=O)N[C@@H](CCC(=O)NCCc3ccc(O)cc3)C2=O)cc1. The first-order valence-corrected chi connectivity index (χ1v) is 10.1. The molecule has 1 saturated heterocycles. The number of anilines is 1. The van der Waals surface area contributed by atoms with Gasteiger partial charge in [-0.15, -0.1) is 0 Å². The molecule has 0 spiro atoms. The number of urea groups is 1. The van der Waals surface area contributed by atoms with Crippen molar-refractivity contribution < 1.29 is 19.5 Å². The standard InChI is InChI=1S/C23H27N3O4/c1-15(2)17-5-7-18(8-6-17)26-22(29)20(25-23(26)30)11-12-21(28)24-14-13-16-3-9-19(27)10-4-16/h3-10,15,20,27H,11-14H2,1-2H3,(H,24,28)(H,25,30)/t20-/m0/s1. The maximum absolute atomic E-state index is 12.7. The van der Waals surface area contributed by atoms with E-state index in [2.05, 4.69) is 24.5 Å². The normalized spacial score (nSPS) is 16.1. The van der Waals surface area contributed by atoms with Gasteiger partial charge >= 0.3 is 6.03 Å². The van der Waals surface area contributed by atoms with Gasteiger partial charge in [0.1, 0.15) is 11.8 Å². The van der Waals surface area contributed by atoms with Crippen LogP contribution in [-0.4, -0.2) is 35.5 Å². The number of nitrogens with one attached hydrogen (secondary N) is 2. The van der Waals surface area contributed by atoms with E-state index in [1.54, 1.807) is 36.4 Å². The smallest absolute Gasteiger partial charge is 0.329 e. The first kappa shape index (κ1) is 21.4. The fourth-order valence-corrected chi connectivity index (χ4v) is 3.35. The maximum Gasteiger partial charge on any atom is 0.329 e. The molecule has 0 unspecified atom stereocenters. The van der Waals surface area contributed by atoms with Crippen molar-refractivity contribution in [2.24, 2.45) is 0 Å². The van der Waals surface area contributed by atoms with Crippen molar-refractivity contribution in [3.63, 3.8) is 0 Å². The minimum absolute atomic E-state index is 0.145. The summed E-state index contributed by atoms with van der Waals surface area (Å²) in [6, 6.07) is 13.0. The van der Waals surface area contributed by atoms with E-state index in [1.165, 1.54) is 0 Å². The lowest BCUT2D eigenvalue weighted by atomic mass is 10.0. The Bertz CT molecular complexity index is 907. The summed E-state index contributed by atoms with van der Waals surface area (Å²) in [7, 11) is 0. The summed E-state index contributed by atoms with van der Waals surface area (Å²) < 4.78 is 0. The van der Waals surface area contributed by atoms with Crippen LogP contribution < -0.4 is 15.5 Å². The molecule has 0 bridgehead atoms. The van der Waals surface area contributed by atoms with Crippen molar-refractivity contribution >= 4 is 23.5 Å². The van der Waals surface area contributed by atoms with Crippen LogP contribution in [0.15, 0.2) is 48.5 Å². The molecule has 0 saturated carbocycles. The largest absolute Gasteiger partial charge is 0.508 e. The minimum Gasteiger partial charge on any atom is -0.508 e. The van der Waals surface area contributed by atoms with Gasteiger partial charge in [-0.25, -0.2) is 9.69 Å². The van der Waals surface area contributed by atoms with Crippen LogP contribution in [0.5, 0.6) is 5.75 Å². The topological polar surface area (TPSA) is 98.7 Å². The molecule has 3 N–H and O–H groups in total. The van der Waals surface area contributed by atoms with Gasteiger partial charge in [-0.1, -0.05) is 38.1 Å². The van der Waals surface area contributed by atoms with E-state index in [-0.39, 0.29) is 30.4 Å². The van der Waals surface area contributed by atoms with Crippen molar-refractivity contribution in [1.82, 2.24) is 10.6 Å². The highest BCUT2D eigenvalue weighted by Crippen LogP contribution is 2.24. The molecule has 0 radical (unpaired) electrons. The highest BCUT2D eigenvalue weighted by Gasteiger charge is 2.38. The summed E-state index contributed by atoms with van der Waals surface area (Å²) in [5.74, 6) is 0.0585. The highest BCUT2D eigenvalue weighted by atomic mass is 16.3. The molecule has 1 heterocycles. The number of phenols is 1. The van der Waals surface area contributed by atoms with Crippen LogP contribution in [0, 0.1) is 0 Å². The van der Waals surface area contributed by atoms with Crippen molar-refractivity contribution in [3.8, 4) is 5.75 Å².